The summed E-state index contributed by atoms with van der Waals surface area (Å²) in [5, 5.41) is 7.32. The van der Waals surface area contributed by atoms with E-state index in [0.29, 0.717) is 17.7 Å². The van der Waals surface area contributed by atoms with E-state index < -0.39 is 0 Å². The first kappa shape index (κ1) is 20.7. The largest absolute Gasteiger partial charge is 0.368 e. The van der Waals surface area contributed by atoms with Crippen LogP contribution in [-0.2, 0) is 9.53 Å². The Balaban J connectivity index is 1.14. The maximum absolute atomic E-state index is 12.4. The van der Waals surface area contributed by atoms with E-state index in [-0.39, 0.29) is 18.1 Å². The second-order valence-corrected chi connectivity index (χ2v) is 10.5. The van der Waals surface area contributed by atoms with Gasteiger partial charge in [0.05, 0.1) is 6.10 Å². The first-order chi connectivity index (χ1) is 13.7. The van der Waals surface area contributed by atoms with E-state index in [1.165, 1.54) is 83.5 Å². The smallest absolute Gasteiger partial charge is 0.246 e. The van der Waals surface area contributed by atoms with Crippen molar-refractivity contribution >= 4 is 5.91 Å². The number of rotatable bonds is 6. The zero-order valence-corrected chi connectivity index (χ0v) is 17.9. The molecule has 28 heavy (non-hydrogen) atoms. The summed E-state index contributed by atoms with van der Waals surface area (Å²) in [5.41, 5.74) is 0.430. The van der Waals surface area contributed by atoms with Crippen LogP contribution in [0, 0.1) is 0 Å². The molecule has 2 N–H and O–H groups in total. The van der Waals surface area contributed by atoms with Crippen LogP contribution in [0.4, 0.5) is 0 Å². The van der Waals surface area contributed by atoms with Gasteiger partial charge in [0.2, 0.25) is 5.91 Å². The summed E-state index contributed by atoms with van der Waals surface area (Å²) in [6.07, 6.45) is 23.6. The van der Waals surface area contributed by atoms with E-state index in [4.69, 9.17) is 4.74 Å². The van der Waals surface area contributed by atoms with Crippen LogP contribution in [0.3, 0.4) is 0 Å². The van der Waals surface area contributed by atoms with Crippen molar-refractivity contribution in [1.82, 2.24) is 10.6 Å². The molecule has 0 aromatic carbocycles. The van der Waals surface area contributed by atoms with Crippen molar-refractivity contribution in [3.8, 4) is 0 Å². The zero-order chi connectivity index (χ0) is 19.3. The number of ether oxygens (including phenoxy) is 1. The number of nitrogens with one attached hydrogen (secondary N) is 2. The lowest BCUT2D eigenvalue weighted by molar-refractivity contribution is -0.149. The van der Waals surface area contributed by atoms with Crippen molar-refractivity contribution in [2.24, 2.45) is 0 Å². The lowest BCUT2D eigenvalue weighted by atomic mass is 9.44. The average molecular weight is 391 g/mol. The molecule has 5 fully saturated rings. The van der Waals surface area contributed by atoms with Crippen molar-refractivity contribution in [1.29, 1.82) is 0 Å². The van der Waals surface area contributed by atoms with Crippen molar-refractivity contribution in [2.75, 3.05) is 6.61 Å². The summed E-state index contributed by atoms with van der Waals surface area (Å²) in [4.78, 5) is 12.4. The molecule has 0 saturated heterocycles. The zero-order valence-electron chi connectivity index (χ0n) is 17.9. The van der Waals surface area contributed by atoms with Crippen molar-refractivity contribution in [2.45, 2.75) is 139 Å². The maximum atomic E-state index is 12.4. The Kier molecular flexibility index (Phi) is 6.98. The van der Waals surface area contributed by atoms with Crippen LogP contribution in [0.25, 0.3) is 0 Å². The molecule has 4 nitrogen and oxygen atoms in total. The summed E-state index contributed by atoms with van der Waals surface area (Å²) in [6.45, 7) is 0.259. The highest BCUT2D eigenvalue weighted by atomic mass is 16.5. The predicted octanol–water partition coefficient (Wildman–Crippen LogP) is 5.00. The highest BCUT2D eigenvalue weighted by Gasteiger charge is 2.68. The molecule has 2 bridgehead atoms. The minimum absolute atomic E-state index is 0.0902. The molecular weight excluding hydrogens is 348 g/mol. The molecule has 5 aliphatic rings. The lowest BCUT2D eigenvalue weighted by Gasteiger charge is -2.71. The molecular formula is C24H42N2O2. The first-order valence-corrected chi connectivity index (χ1v) is 12.4. The second-order valence-electron chi connectivity index (χ2n) is 10.5. The number of amides is 1. The van der Waals surface area contributed by atoms with Crippen LogP contribution >= 0.6 is 0 Å². The molecule has 0 atom stereocenters. The molecule has 0 unspecified atom stereocenters. The monoisotopic (exact) mass is 390 g/mol. The van der Waals surface area contributed by atoms with E-state index in [0.717, 1.165) is 32.1 Å². The van der Waals surface area contributed by atoms with Gasteiger partial charge >= 0.3 is 0 Å². The topological polar surface area (TPSA) is 50.4 Å². The molecule has 4 heteroatoms. The minimum atomic E-state index is 0.0902. The van der Waals surface area contributed by atoms with E-state index in [1.54, 1.807) is 0 Å². The van der Waals surface area contributed by atoms with Crippen molar-refractivity contribution in [3.05, 3.63) is 0 Å². The van der Waals surface area contributed by atoms with Crippen molar-refractivity contribution < 1.29 is 9.53 Å². The van der Waals surface area contributed by atoms with Gasteiger partial charge < -0.3 is 15.4 Å². The van der Waals surface area contributed by atoms with Gasteiger partial charge in [0.15, 0.2) is 0 Å². The third kappa shape index (κ3) is 5.30. The number of hydrogen-bond donors (Lipinski definition) is 2. The average Bonchev–Trinajstić information content (AvgIpc) is 2.72. The summed E-state index contributed by atoms with van der Waals surface area (Å²) in [5.74, 6) is 0.109. The van der Waals surface area contributed by atoms with Gasteiger partial charge in [0.25, 0.3) is 0 Å². The molecule has 160 valence electrons. The first-order valence-electron chi connectivity index (χ1n) is 12.4. The predicted molar refractivity (Wildman–Crippen MR) is 113 cm³/mol. The normalized spacial score (nSPS) is 35.3. The molecule has 5 saturated carbocycles. The van der Waals surface area contributed by atoms with Gasteiger partial charge in [-0.3, -0.25) is 4.79 Å². The van der Waals surface area contributed by atoms with Gasteiger partial charge in [-0.1, -0.05) is 70.6 Å². The SMILES string of the molecule is O=C(COC1CCCCCCC1)NC12CC(NC3CCCCCCCC3)(C1)C2. The Morgan fingerprint density at radius 1 is 0.714 bits per heavy atom. The summed E-state index contributed by atoms with van der Waals surface area (Å²) in [6, 6.07) is 0.703. The second kappa shape index (κ2) is 9.47. The minimum Gasteiger partial charge on any atom is -0.368 e. The Labute approximate surface area is 171 Å². The molecule has 5 aliphatic carbocycles. The van der Waals surface area contributed by atoms with Crippen LogP contribution in [0.15, 0.2) is 0 Å². The summed E-state index contributed by atoms with van der Waals surface area (Å²) >= 11 is 0. The summed E-state index contributed by atoms with van der Waals surface area (Å²) < 4.78 is 5.97. The molecule has 0 aliphatic heterocycles. The third-order valence-electron chi connectivity index (χ3n) is 7.80. The fraction of sp³-hybridized carbons (Fsp3) is 0.958. The Morgan fingerprint density at radius 3 is 1.79 bits per heavy atom. The molecule has 0 radical (unpaired) electrons. The number of carbonyl (C=O) groups is 1. The van der Waals surface area contributed by atoms with Gasteiger partial charge in [-0.2, -0.15) is 0 Å². The quantitative estimate of drug-likeness (QED) is 0.671. The maximum Gasteiger partial charge on any atom is 0.246 e. The highest BCUT2D eigenvalue weighted by molar-refractivity contribution is 5.79. The van der Waals surface area contributed by atoms with E-state index in [9.17, 15) is 4.79 Å². The van der Waals surface area contributed by atoms with Crippen LogP contribution in [0.2, 0.25) is 0 Å². The van der Waals surface area contributed by atoms with Crippen molar-refractivity contribution in [3.63, 3.8) is 0 Å². The van der Waals surface area contributed by atoms with E-state index in [2.05, 4.69) is 10.6 Å². The molecule has 0 spiro atoms. The van der Waals surface area contributed by atoms with Crippen LogP contribution in [0.1, 0.15) is 116 Å². The Bertz CT molecular complexity index is 483. The Morgan fingerprint density at radius 2 is 1.21 bits per heavy atom. The van der Waals surface area contributed by atoms with Gasteiger partial charge in [-0.15, -0.1) is 0 Å². The molecule has 5 rings (SSSR count). The molecule has 0 aromatic heterocycles. The van der Waals surface area contributed by atoms with Crippen LogP contribution in [0.5, 0.6) is 0 Å². The summed E-state index contributed by atoms with van der Waals surface area (Å²) in [7, 11) is 0. The van der Waals surface area contributed by atoms with Gasteiger partial charge in [-0.25, -0.2) is 0 Å². The van der Waals surface area contributed by atoms with E-state index in [1.807, 2.05) is 0 Å². The highest BCUT2D eigenvalue weighted by Crippen LogP contribution is 2.60. The number of carbonyl (C=O) groups excluding carboxylic acids is 1. The van der Waals surface area contributed by atoms with Gasteiger partial charge in [-0.05, 0) is 44.9 Å². The molecule has 0 aromatic rings. The molecule has 1 amide bonds. The third-order valence-corrected chi connectivity index (χ3v) is 7.80. The number of hydrogen-bond acceptors (Lipinski definition) is 3. The standard InChI is InChI=1S/C24H42N2O2/c27-22(16-28-21-14-10-6-3-7-11-15-21)26-24-17-23(18-24,19-24)25-20-12-8-4-1-2-5-9-13-20/h20-21,25H,1-19H2,(H,26,27). The van der Waals surface area contributed by atoms with Gasteiger partial charge in [0, 0.05) is 17.1 Å². The lowest BCUT2D eigenvalue weighted by Crippen LogP contribution is -2.84. The van der Waals surface area contributed by atoms with Crippen LogP contribution in [-0.4, -0.2) is 35.7 Å². The fourth-order valence-corrected chi connectivity index (χ4v) is 6.39. The Hall–Kier alpha value is -0.610. The van der Waals surface area contributed by atoms with E-state index >= 15 is 0 Å². The fourth-order valence-electron chi connectivity index (χ4n) is 6.39. The molecule has 0 heterocycles. The van der Waals surface area contributed by atoms with Gasteiger partial charge in [0.1, 0.15) is 6.61 Å². The van der Waals surface area contributed by atoms with Crippen LogP contribution < -0.4 is 10.6 Å².